The normalized spacial score (nSPS) is 14.3. The summed E-state index contributed by atoms with van der Waals surface area (Å²) >= 11 is 0. The van der Waals surface area contributed by atoms with Crippen molar-refractivity contribution in [3.8, 4) is 11.5 Å². The lowest BCUT2D eigenvalue weighted by Gasteiger charge is -2.22. The molecule has 8 heteroatoms. The predicted molar refractivity (Wildman–Crippen MR) is 104 cm³/mol. The van der Waals surface area contributed by atoms with Gasteiger partial charge in [0, 0.05) is 12.3 Å². The van der Waals surface area contributed by atoms with Gasteiger partial charge < -0.3 is 14.8 Å². The Labute approximate surface area is 163 Å². The van der Waals surface area contributed by atoms with Crippen LogP contribution in [0, 0.1) is 16.0 Å². The van der Waals surface area contributed by atoms with Crippen LogP contribution in [0.25, 0.3) is 0 Å². The highest BCUT2D eigenvalue weighted by Crippen LogP contribution is 2.27. The zero-order valence-corrected chi connectivity index (χ0v) is 15.5. The minimum absolute atomic E-state index is 0.0963. The molecular formula is C20H23N3O5. The number of aromatic nitrogens is 1. The van der Waals surface area contributed by atoms with E-state index in [0.717, 1.165) is 0 Å². The number of hydrogen-bond donors (Lipinski definition) is 1. The molecule has 8 nitrogen and oxygen atoms in total. The van der Waals surface area contributed by atoms with Gasteiger partial charge in [0.25, 0.3) is 11.6 Å². The van der Waals surface area contributed by atoms with E-state index in [4.69, 9.17) is 9.47 Å². The van der Waals surface area contributed by atoms with Crippen molar-refractivity contribution in [1.82, 2.24) is 4.98 Å². The Hall–Kier alpha value is -3.16. The molecule has 1 N–H and O–H groups in total. The molecule has 28 heavy (non-hydrogen) atoms. The second kappa shape index (κ2) is 9.68. The van der Waals surface area contributed by atoms with Gasteiger partial charge in [0.05, 0.1) is 17.6 Å². The number of nitro benzene ring substituents is 1. The van der Waals surface area contributed by atoms with Crippen molar-refractivity contribution in [2.45, 2.75) is 32.1 Å². The molecule has 1 aromatic heterocycles. The summed E-state index contributed by atoms with van der Waals surface area (Å²) in [5.74, 6) is 1.23. The molecule has 0 bridgehead atoms. The fourth-order valence-electron chi connectivity index (χ4n) is 3.17. The number of nitro groups is 1. The molecular weight excluding hydrogens is 362 g/mol. The number of ether oxygens (including phenoxy) is 2. The number of benzene rings is 1. The molecule has 0 aliphatic heterocycles. The van der Waals surface area contributed by atoms with E-state index in [1.54, 1.807) is 24.4 Å². The molecule has 0 saturated heterocycles. The van der Waals surface area contributed by atoms with Gasteiger partial charge in [-0.2, -0.15) is 0 Å². The molecule has 1 fully saturated rings. The number of non-ortho nitro benzene ring substituents is 1. The summed E-state index contributed by atoms with van der Waals surface area (Å²) in [5, 5.41) is 13.5. The first-order chi connectivity index (χ1) is 13.6. The standard InChI is InChI=1S/C20H23N3O5/c24-19(14-27-17-9-4-8-16(12-17)23(25)26)22-20-18(10-5-11-21-20)28-13-15-6-2-1-3-7-15/h4-5,8-12,15H,1-3,6-7,13-14H2,(H,21,22,24). The zero-order valence-electron chi connectivity index (χ0n) is 15.5. The Morgan fingerprint density at radius 1 is 1.18 bits per heavy atom. The molecule has 1 aliphatic rings. The number of carbonyl (C=O) groups excluding carboxylic acids is 1. The van der Waals surface area contributed by atoms with Crippen molar-refractivity contribution >= 4 is 17.4 Å². The van der Waals surface area contributed by atoms with Crippen molar-refractivity contribution in [2.75, 3.05) is 18.5 Å². The lowest BCUT2D eigenvalue weighted by molar-refractivity contribution is -0.384. The van der Waals surface area contributed by atoms with E-state index in [9.17, 15) is 14.9 Å². The van der Waals surface area contributed by atoms with Crippen molar-refractivity contribution in [3.63, 3.8) is 0 Å². The first-order valence-corrected chi connectivity index (χ1v) is 9.37. The number of hydrogen-bond acceptors (Lipinski definition) is 6. The molecule has 1 aliphatic carbocycles. The number of nitrogens with one attached hydrogen (secondary N) is 1. The maximum absolute atomic E-state index is 12.2. The Morgan fingerprint density at radius 3 is 2.79 bits per heavy atom. The van der Waals surface area contributed by atoms with E-state index >= 15 is 0 Å². The smallest absolute Gasteiger partial charge is 0.273 e. The highest BCUT2D eigenvalue weighted by molar-refractivity contribution is 5.92. The van der Waals surface area contributed by atoms with E-state index in [1.165, 1.54) is 50.3 Å². The molecule has 1 amide bonds. The largest absolute Gasteiger partial charge is 0.489 e. The summed E-state index contributed by atoms with van der Waals surface area (Å²) in [7, 11) is 0. The summed E-state index contributed by atoms with van der Waals surface area (Å²) in [6.45, 7) is 0.318. The van der Waals surface area contributed by atoms with Crippen molar-refractivity contribution < 1.29 is 19.2 Å². The van der Waals surface area contributed by atoms with E-state index in [-0.39, 0.29) is 18.0 Å². The maximum Gasteiger partial charge on any atom is 0.273 e. The lowest BCUT2D eigenvalue weighted by Crippen LogP contribution is -2.22. The van der Waals surface area contributed by atoms with Crippen LogP contribution in [0.3, 0.4) is 0 Å². The first-order valence-electron chi connectivity index (χ1n) is 9.37. The molecule has 0 atom stereocenters. The molecule has 0 radical (unpaired) electrons. The van der Waals surface area contributed by atoms with Crippen molar-refractivity contribution in [1.29, 1.82) is 0 Å². The fraction of sp³-hybridized carbons (Fsp3) is 0.400. The Morgan fingerprint density at radius 2 is 2.00 bits per heavy atom. The second-order valence-corrected chi connectivity index (χ2v) is 6.76. The Bertz CT molecular complexity index is 821. The van der Waals surface area contributed by atoms with Crippen LogP contribution >= 0.6 is 0 Å². The number of amides is 1. The monoisotopic (exact) mass is 385 g/mol. The van der Waals surface area contributed by atoms with E-state index < -0.39 is 10.8 Å². The van der Waals surface area contributed by atoms with Gasteiger partial charge in [0.1, 0.15) is 5.75 Å². The van der Waals surface area contributed by atoms with Gasteiger partial charge in [-0.05, 0) is 37.0 Å². The van der Waals surface area contributed by atoms with Crippen LogP contribution in [0.4, 0.5) is 11.5 Å². The highest BCUT2D eigenvalue weighted by Gasteiger charge is 2.16. The minimum Gasteiger partial charge on any atom is -0.489 e. The summed E-state index contributed by atoms with van der Waals surface area (Å²) in [6.07, 6.45) is 7.66. The molecule has 1 saturated carbocycles. The van der Waals surface area contributed by atoms with Crippen LogP contribution < -0.4 is 14.8 Å². The van der Waals surface area contributed by atoms with Gasteiger partial charge >= 0.3 is 0 Å². The van der Waals surface area contributed by atoms with Crippen LogP contribution in [0.5, 0.6) is 11.5 Å². The quantitative estimate of drug-likeness (QED) is 0.545. The third kappa shape index (κ3) is 5.67. The summed E-state index contributed by atoms with van der Waals surface area (Å²) in [5.41, 5.74) is -0.0963. The number of pyridine rings is 1. The van der Waals surface area contributed by atoms with Gasteiger partial charge in [-0.15, -0.1) is 0 Å². The van der Waals surface area contributed by atoms with E-state index in [0.29, 0.717) is 24.1 Å². The molecule has 0 spiro atoms. The SMILES string of the molecule is O=C(COc1cccc([N+](=O)[O-])c1)Nc1ncccc1OCC1CCCCC1. The molecule has 1 heterocycles. The molecule has 1 aromatic carbocycles. The van der Waals surface area contributed by atoms with E-state index in [2.05, 4.69) is 10.3 Å². The molecule has 0 unspecified atom stereocenters. The average molecular weight is 385 g/mol. The maximum atomic E-state index is 12.2. The van der Waals surface area contributed by atoms with E-state index in [1.807, 2.05) is 0 Å². The highest BCUT2D eigenvalue weighted by atomic mass is 16.6. The topological polar surface area (TPSA) is 104 Å². The second-order valence-electron chi connectivity index (χ2n) is 6.76. The van der Waals surface area contributed by atoms with Crippen LogP contribution in [0.2, 0.25) is 0 Å². The summed E-state index contributed by atoms with van der Waals surface area (Å²) in [6, 6.07) is 9.21. The lowest BCUT2D eigenvalue weighted by atomic mass is 9.90. The third-order valence-corrected chi connectivity index (χ3v) is 4.63. The average Bonchev–Trinajstić information content (AvgIpc) is 2.72. The Kier molecular flexibility index (Phi) is 6.78. The van der Waals surface area contributed by atoms with Crippen LogP contribution in [-0.2, 0) is 4.79 Å². The van der Waals surface area contributed by atoms with Gasteiger partial charge in [-0.25, -0.2) is 4.98 Å². The number of rotatable bonds is 8. The van der Waals surface area contributed by atoms with Gasteiger partial charge in [-0.1, -0.05) is 25.3 Å². The fourth-order valence-corrected chi connectivity index (χ4v) is 3.17. The molecule has 148 valence electrons. The van der Waals surface area contributed by atoms with Gasteiger partial charge in [0.2, 0.25) is 0 Å². The summed E-state index contributed by atoms with van der Waals surface area (Å²) < 4.78 is 11.2. The molecule has 2 aromatic rings. The molecule has 3 rings (SSSR count). The van der Waals surface area contributed by atoms with Gasteiger partial charge in [0.15, 0.2) is 18.2 Å². The van der Waals surface area contributed by atoms with Crippen molar-refractivity contribution in [2.24, 2.45) is 5.92 Å². The predicted octanol–water partition coefficient (Wildman–Crippen LogP) is 3.97. The number of anilines is 1. The number of carbonyl (C=O) groups is 1. The number of nitrogens with zero attached hydrogens (tertiary/aromatic N) is 2. The third-order valence-electron chi connectivity index (χ3n) is 4.63. The van der Waals surface area contributed by atoms with Gasteiger partial charge in [-0.3, -0.25) is 14.9 Å². The summed E-state index contributed by atoms with van der Waals surface area (Å²) in [4.78, 5) is 26.6. The zero-order chi connectivity index (χ0) is 19.8. The van der Waals surface area contributed by atoms with Crippen LogP contribution in [0.15, 0.2) is 42.6 Å². The Balaban J connectivity index is 1.53. The van der Waals surface area contributed by atoms with Crippen molar-refractivity contribution in [3.05, 3.63) is 52.7 Å². The van der Waals surface area contributed by atoms with Crippen LogP contribution in [-0.4, -0.2) is 29.0 Å². The first kappa shape index (κ1) is 19.6. The minimum atomic E-state index is -0.517. The van der Waals surface area contributed by atoms with Crippen LogP contribution in [0.1, 0.15) is 32.1 Å².